The summed E-state index contributed by atoms with van der Waals surface area (Å²) in [6.45, 7) is 13.2. The van der Waals surface area contributed by atoms with Gasteiger partial charge in [-0.25, -0.2) is 0 Å². The first-order valence-corrected chi connectivity index (χ1v) is 12.6. The number of carbonyl (C=O) groups is 2. The van der Waals surface area contributed by atoms with Gasteiger partial charge in [-0.3, -0.25) is 9.59 Å². The van der Waals surface area contributed by atoms with E-state index in [0.29, 0.717) is 13.0 Å². The van der Waals surface area contributed by atoms with Crippen LogP contribution < -0.4 is 0 Å². The van der Waals surface area contributed by atoms with Crippen LogP contribution in [-0.4, -0.2) is 43.5 Å². The molecule has 1 spiro atoms. The maximum atomic E-state index is 13.0. The van der Waals surface area contributed by atoms with Crippen LogP contribution in [0.2, 0.25) is 18.1 Å². The van der Waals surface area contributed by atoms with E-state index in [1.165, 1.54) is 0 Å². The molecule has 142 valence electrons. The molecule has 0 N–H and O–H groups in total. The Bertz CT molecular complexity index is 562. The first-order chi connectivity index (χ1) is 11.5. The first-order valence-electron chi connectivity index (χ1n) is 9.69. The lowest BCUT2D eigenvalue weighted by molar-refractivity contribution is -0.153. The van der Waals surface area contributed by atoms with Crippen molar-refractivity contribution < 1.29 is 18.8 Å². The molecule has 0 aromatic heterocycles. The van der Waals surface area contributed by atoms with Crippen LogP contribution in [0, 0.1) is 11.8 Å². The van der Waals surface area contributed by atoms with Crippen LogP contribution in [0.25, 0.3) is 0 Å². The highest BCUT2D eigenvalue weighted by Gasteiger charge is 2.57. The molecule has 3 aliphatic rings. The van der Waals surface area contributed by atoms with Gasteiger partial charge in [-0.2, -0.15) is 0 Å². The maximum Gasteiger partial charge on any atom is 0.296 e. The van der Waals surface area contributed by atoms with Gasteiger partial charge < -0.3 is 14.1 Å². The Morgan fingerprint density at radius 2 is 1.76 bits per heavy atom. The van der Waals surface area contributed by atoms with E-state index in [1.54, 1.807) is 0 Å². The van der Waals surface area contributed by atoms with Gasteiger partial charge >= 0.3 is 0 Å². The lowest BCUT2D eigenvalue weighted by Crippen LogP contribution is -2.47. The van der Waals surface area contributed by atoms with Gasteiger partial charge in [-0.1, -0.05) is 20.8 Å². The zero-order valence-corrected chi connectivity index (χ0v) is 17.6. The Kier molecular flexibility index (Phi) is 4.60. The second-order valence-corrected chi connectivity index (χ2v) is 14.4. The topological polar surface area (TPSA) is 55.8 Å². The molecule has 0 aromatic rings. The zero-order chi connectivity index (χ0) is 18.6. The SMILES string of the molecule is CC1CN(C(=O)C2CC2C(=O)O[Si](C)(C)C(C)(C)C)C2(CCCC2)O1. The number of hydrogen-bond donors (Lipinski definition) is 0. The van der Waals surface area contributed by atoms with Crippen molar-refractivity contribution in [3.63, 3.8) is 0 Å². The second-order valence-electron chi connectivity index (χ2n) is 9.66. The molecular weight excluding hydrogens is 334 g/mol. The van der Waals surface area contributed by atoms with E-state index in [9.17, 15) is 9.59 Å². The Morgan fingerprint density at radius 3 is 2.32 bits per heavy atom. The molecule has 0 radical (unpaired) electrons. The molecule has 1 amide bonds. The Labute approximate surface area is 152 Å². The van der Waals surface area contributed by atoms with E-state index in [-0.39, 0.29) is 34.9 Å². The maximum absolute atomic E-state index is 13.0. The molecule has 0 bridgehead atoms. The van der Waals surface area contributed by atoms with Crippen LogP contribution in [0.15, 0.2) is 0 Å². The van der Waals surface area contributed by atoms with Crippen molar-refractivity contribution in [2.24, 2.45) is 11.8 Å². The highest BCUT2D eigenvalue weighted by Crippen LogP contribution is 2.48. The molecule has 3 atom stereocenters. The summed E-state index contributed by atoms with van der Waals surface area (Å²) in [7, 11) is -2.13. The van der Waals surface area contributed by atoms with Gasteiger partial charge in [0.15, 0.2) is 0 Å². The van der Waals surface area contributed by atoms with E-state index < -0.39 is 14.0 Å². The van der Waals surface area contributed by atoms with Crippen molar-refractivity contribution in [1.29, 1.82) is 0 Å². The Hall–Kier alpha value is -0.883. The molecule has 25 heavy (non-hydrogen) atoms. The summed E-state index contributed by atoms with van der Waals surface area (Å²) in [5.41, 5.74) is -0.396. The van der Waals surface area contributed by atoms with Crippen LogP contribution in [0.3, 0.4) is 0 Å². The van der Waals surface area contributed by atoms with E-state index >= 15 is 0 Å². The summed E-state index contributed by atoms with van der Waals surface area (Å²) < 4.78 is 12.0. The van der Waals surface area contributed by atoms with Crippen LogP contribution in [0.5, 0.6) is 0 Å². The number of hydrogen-bond acceptors (Lipinski definition) is 4. The lowest BCUT2D eigenvalue weighted by atomic mass is 10.1. The molecule has 3 rings (SSSR count). The highest BCUT2D eigenvalue weighted by molar-refractivity contribution is 6.75. The van der Waals surface area contributed by atoms with E-state index in [2.05, 4.69) is 33.9 Å². The van der Waals surface area contributed by atoms with Crippen LogP contribution in [0.1, 0.15) is 59.8 Å². The number of rotatable bonds is 3. The minimum atomic E-state index is -2.13. The average molecular weight is 368 g/mol. The molecule has 3 unspecified atom stereocenters. The largest absolute Gasteiger partial charge is 0.519 e. The number of nitrogens with zero attached hydrogens (tertiary/aromatic N) is 1. The molecule has 2 aliphatic carbocycles. The Morgan fingerprint density at radius 1 is 1.16 bits per heavy atom. The predicted octanol–water partition coefficient (Wildman–Crippen LogP) is 3.69. The van der Waals surface area contributed by atoms with Crippen LogP contribution in [0.4, 0.5) is 0 Å². The van der Waals surface area contributed by atoms with Gasteiger partial charge in [0.05, 0.1) is 17.9 Å². The fraction of sp³-hybridized carbons (Fsp3) is 0.895. The van der Waals surface area contributed by atoms with Crippen molar-refractivity contribution in [2.75, 3.05) is 6.54 Å². The van der Waals surface area contributed by atoms with Crippen molar-refractivity contribution in [3.8, 4) is 0 Å². The molecule has 1 aliphatic heterocycles. The third kappa shape index (κ3) is 3.39. The number of carbonyl (C=O) groups excluding carboxylic acids is 2. The monoisotopic (exact) mass is 367 g/mol. The summed E-state index contributed by atoms with van der Waals surface area (Å²) in [6.07, 6.45) is 4.78. The minimum Gasteiger partial charge on any atom is -0.519 e. The normalized spacial score (nSPS) is 31.4. The fourth-order valence-corrected chi connectivity index (χ4v) is 4.87. The number of ether oxygens (including phenoxy) is 1. The van der Waals surface area contributed by atoms with Gasteiger partial charge in [0.2, 0.25) is 5.91 Å². The fourth-order valence-electron chi connectivity index (χ4n) is 3.91. The molecule has 3 fully saturated rings. The quantitative estimate of drug-likeness (QED) is 0.714. The van der Waals surface area contributed by atoms with Gasteiger partial charge in [0.25, 0.3) is 14.3 Å². The summed E-state index contributed by atoms with van der Waals surface area (Å²) in [4.78, 5) is 27.6. The van der Waals surface area contributed by atoms with Gasteiger partial charge in [0, 0.05) is 6.54 Å². The van der Waals surface area contributed by atoms with Crippen LogP contribution in [-0.2, 0) is 18.8 Å². The minimum absolute atomic E-state index is 0.0107. The summed E-state index contributed by atoms with van der Waals surface area (Å²) in [5, 5.41) is -0.0107. The van der Waals surface area contributed by atoms with Gasteiger partial charge in [-0.05, 0) is 57.2 Å². The summed E-state index contributed by atoms with van der Waals surface area (Å²) in [5.74, 6) is -0.526. The van der Waals surface area contributed by atoms with Crippen LogP contribution >= 0.6 is 0 Å². The molecule has 2 saturated carbocycles. The van der Waals surface area contributed by atoms with E-state index in [0.717, 1.165) is 25.7 Å². The first kappa shape index (κ1) is 18.9. The molecule has 6 heteroatoms. The predicted molar refractivity (Wildman–Crippen MR) is 98.3 cm³/mol. The summed E-state index contributed by atoms with van der Waals surface area (Å²) in [6, 6.07) is 0. The van der Waals surface area contributed by atoms with Crippen molar-refractivity contribution in [2.45, 2.75) is 89.8 Å². The molecule has 1 heterocycles. The lowest BCUT2D eigenvalue weighted by Gasteiger charge is -2.35. The van der Waals surface area contributed by atoms with Crippen molar-refractivity contribution in [3.05, 3.63) is 0 Å². The zero-order valence-electron chi connectivity index (χ0n) is 16.6. The number of amides is 1. The van der Waals surface area contributed by atoms with Gasteiger partial charge in [0.1, 0.15) is 5.72 Å². The molecule has 5 nitrogen and oxygen atoms in total. The molecule has 1 saturated heterocycles. The van der Waals surface area contributed by atoms with Crippen molar-refractivity contribution >= 4 is 20.2 Å². The second kappa shape index (κ2) is 6.08. The average Bonchev–Trinajstić information content (AvgIpc) is 3.05. The molecular formula is C19H33NO4Si. The smallest absolute Gasteiger partial charge is 0.296 e. The van der Waals surface area contributed by atoms with Gasteiger partial charge in [-0.15, -0.1) is 0 Å². The standard InChI is InChI=1S/C19H33NO4Si/c1-13-12-20(19(23-13)9-7-8-10-19)16(21)14-11-15(14)17(22)24-25(5,6)18(2,3)4/h13-15H,7-12H2,1-6H3. The third-order valence-electron chi connectivity index (χ3n) is 6.58. The van der Waals surface area contributed by atoms with E-state index in [4.69, 9.17) is 9.16 Å². The highest BCUT2D eigenvalue weighted by atomic mass is 28.4. The Balaban J connectivity index is 1.63. The van der Waals surface area contributed by atoms with E-state index in [1.807, 2.05) is 11.8 Å². The molecule has 0 aromatic carbocycles. The third-order valence-corrected chi connectivity index (χ3v) is 10.9. The summed E-state index contributed by atoms with van der Waals surface area (Å²) >= 11 is 0. The van der Waals surface area contributed by atoms with Crippen molar-refractivity contribution in [1.82, 2.24) is 4.90 Å².